The molecule has 4 nitrogen and oxygen atoms in total. The summed E-state index contributed by atoms with van der Waals surface area (Å²) in [5, 5.41) is 0. The Bertz CT molecular complexity index is 1090. The topological polar surface area (TPSA) is 43.6 Å². The molecule has 0 saturated heterocycles. The average Bonchev–Trinajstić information content (AvgIpc) is 3.07. The van der Waals surface area contributed by atoms with Crippen LogP contribution in [0.3, 0.4) is 0 Å². The molecule has 0 fully saturated rings. The molecular weight excluding hydrogens is 308 g/mol. The SMILES string of the molecule is CCOc1ccc(/C=c2/sc3nc4ccccc4n3c2=O)cc1. The first-order chi connectivity index (χ1) is 11.3. The minimum atomic E-state index is -0.0208. The van der Waals surface area contributed by atoms with Crippen LogP contribution in [0.5, 0.6) is 5.75 Å². The molecule has 4 rings (SSSR count). The maximum absolute atomic E-state index is 12.7. The summed E-state index contributed by atoms with van der Waals surface area (Å²) in [6.45, 7) is 2.60. The second-order valence-corrected chi connectivity index (χ2v) is 6.15. The molecule has 2 aromatic carbocycles. The minimum Gasteiger partial charge on any atom is -0.494 e. The zero-order valence-corrected chi connectivity index (χ0v) is 13.3. The van der Waals surface area contributed by atoms with Gasteiger partial charge in [-0.3, -0.25) is 4.79 Å². The predicted octanol–water partition coefficient (Wildman–Crippen LogP) is 2.86. The molecule has 2 heterocycles. The monoisotopic (exact) mass is 322 g/mol. The maximum Gasteiger partial charge on any atom is 0.274 e. The standard InChI is InChI=1S/C18H14N2O2S/c1-2-22-13-9-7-12(8-10-13)11-16-17(21)20-15-6-4-3-5-14(15)19-18(20)23-16/h3-11H,2H2,1H3/b16-11+. The molecular formula is C18H14N2O2S. The highest BCUT2D eigenvalue weighted by molar-refractivity contribution is 7.15. The van der Waals surface area contributed by atoms with Gasteiger partial charge in [0, 0.05) is 0 Å². The molecule has 0 N–H and O–H groups in total. The molecule has 0 atom stereocenters. The van der Waals surface area contributed by atoms with Gasteiger partial charge in [0.25, 0.3) is 5.56 Å². The summed E-state index contributed by atoms with van der Waals surface area (Å²) in [7, 11) is 0. The largest absolute Gasteiger partial charge is 0.494 e. The molecule has 4 aromatic rings. The first kappa shape index (κ1) is 14.0. The van der Waals surface area contributed by atoms with Gasteiger partial charge in [-0.15, -0.1) is 0 Å². The van der Waals surface area contributed by atoms with Crippen LogP contribution in [0.25, 0.3) is 22.1 Å². The summed E-state index contributed by atoms with van der Waals surface area (Å²) in [5.41, 5.74) is 2.66. The fourth-order valence-corrected chi connectivity index (χ4v) is 3.58. The summed E-state index contributed by atoms with van der Waals surface area (Å²) >= 11 is 1.41. The third-order valence-electron chi connectivity index (χ3n) is 3.63. The van der Waals surface area contributed by atoms with Gasteiger partial charge >= 0.3 is 0 Å². The van der Waals surface area contributed by atoms with Crippen molar-refractivity contribution in [2.24, 2.45) is 0 Å². The summed E-state index contributed by atoms with van der Waals surface area (Å²) in [4.78, 5) is 17.9. The first-order valence-electron chi connectivity index (χ1n) is 7.41. The van der Waals surface area contributed by atoms with Crippen molar-refractivity contribution in [2.75, 3.05) is 6.61 Å². The van der Waals surface area contributed by atoms with E-state index in [1.54, 1.807) is 4.40 Å². The van der Waals surface area contributed by atoms with E-state index in [1.807, 2.05) is 61.5 Å². The molecule has 0 amide bonds. The molecule has 0 radical (unpaired) electrons. The Balaban J connectivity index is 1.85. The van der Waals surface area contributed by atoms with Crippen molar-refractivity contribution in [1.29, 1.82) is 0 Å². The van der Waals surface area contributed by atoms with Crippen molar-refractivity contribution in [2.45, 2.75) is 6.92 Å². The van der Waals surface area contributed by atoms with Crippen LogP contribution in [0.4, 0.5) is 0 Å². The molecule has 0 unspecified atom stereocenters. The third kappa shape index (κ3) is 2.39. The predicted molar refractivity (Wildman–Crippen MR) is 93.2 cm³/mol. The van der Waals surface area contributed by atoms with Gasteiger partial charge in [-0.25, -0.2) is 9.38 Å². The number of fused-ring (bicyclic) bond motifs is 3. The van der Waals surface area contributed by atoms with Gasteiger partial charge in [0.1, 0.15) is 5.75 Å². The van der Waals surface area contributed by atoms with Gasteiger partial charge < -0.3 is 4.74 Å². The van der Waals surface area contributed by atoms with E-state index < -0.39 is 0 Å². The summed E-state index contributed by atoms with van der Waals surface area (Å²) < 4.78 is 7.80. The van der Waals surface area contributed by atoms with Gasteiger partial charge in [-0.2, -0.15) is 0 Å². The van der Waals surface area contributed by atoms with Crippen LogP contribution in [0.15, 0.2) is 53.3 Å². The van der Waals surface area contributed by atoms with Crippen molar-refractivity contribution >= 4 is 33.4 Å². The van der Waals surface area contributed by atoms with Gasteiger partial charge in [0.05, 0.1) is 22.2 Å². The van der Waals surface area contributed by atoms with E-state index in [9.17, 15) is 4.79 Å². The number of hydrogen-bond acceptors (Lipinski definition) is 4. The number of thiazole rings is 1. The number of nitrogens with zero attached hydrogens (tertiary/aromatic N) is 2. The number of para-hydroxylation sites is 2. The van der Waals surface area contributed by atoms with E-state index >= 15 is 0 Å². The van der Waals surface area contributed by atoms with Gasteiger partial charge in [-0.05, 0) is 42.8 Å². The van der Waals surface area contributed by atoms with E-state index in [4.69, 9.17) is 4.74 Å². The van der Waals surface area contributed by atoms with E-state index in [0.29, 0.717) is 11.1 Å². The zero-order valence-electron chi connectivity index (χ0n) is 12.5. The fraction of sp³-hybridized carbons (Fsp3) is 0.111. The molecule has 0 aliphatic rings. The molecule has 23 heavy (non-hydrogen) atoms. The van der Waals surface area contributed by atoms with Crippen LogP contribution >= 0.6 is 11.3 Å². The van der Waals surface area contributed by atoms with Crippen LogP contribution in [-0.4, -0.2) is 16.0 Å². The van der Waals surface area contributed by atoms with Crippen molar-refractivity contribution in [3.05, 3.63) is 69.0 Å². The molecule has 2 aromatic heterocycles. The van der Waals surface area contributed by atoms with E-state index in [1.165, 1.54) is 11.3 Å². The lowest BCUT2D eigenvalue weighted by atomic mass is 10.2. The van der Waals surface area contributed by atoms with Crippen LogP contribution in [-0.2, 0) is 0 Å². The summed E-state index contributed by atoms with van der Waals surface area (Å²) in [6, 6.07) is 15.4. The molecule has 0 aliphatic carbocycles. The van der Waals surface area contributed by atoms with Crippen LogP contribution in [0.2, 0.25) is 0 Å². The van der Waals surface area contributed by atoms with E-state index in [0.717, 1.165) is 27.3 Å². The molecule has 0 bridgehead atoms. The number of aromatic nitrogens is 2. The molecule has 5 heteroatoms. The quantitative estimate of drug-likeness (QED) is 0.582. The lowest BCUT2D eigenvalue weighted by molar-refractivity contribution is 0.340. The van der Waals surface area contributed by atoms with Gasteiger partial charge in [0.2, 0.25) is 0 Å². The minimum absolute atomic E-state index is 0.0208. The lowest BCUT2D eigenvalue weighted by Crippen LogP contribution is -2.22. The van der Waals surface area contributed by atoms with Gasteiger partial charge in [0.15, 0.2) is 4.96 Å². The Kier molecular flexibility index (Phi) is 3.35. The second kappa shape index (κ2) is 5.52. The Morgan fingerprint density at radius 2 is 1.96 bits per heavy atom. The summed E-state index contributed by atoms with van der Waals surface area (Å²) in [6.07, 6.45) is 1.90. The second-order valence-electron chi connectivity index (χ2n) is 5.14. The highest BCUT2D eigenvalue weighted by Crippen LogP contribution is 2.16. The zero-order chi connectivity index (χ0) is 15.8. The number of benzene rings is 2. The fourth-order valence-electron chi connectivity index (χ4n) is 2.59. The summed E-state index contributed by atoms with van der Waals surface area (Å²) in [5.74, 6) is 0.832. The van der Waals surface area contributed by atoms with Crippen molar-refractivity contribution < 1.29 is 4.74 Å². The highest BCUT2D eigenvalue weighted by Gasteiger charge is 2.10. The normalized spacial score (nSPS) is 12.3. The first-order valence-corrected chi connectivity index (χ1v) is 8.22. The smallest absolute Gasteiger partial charge is 0.274 e. The van der Waals surface area contributed by atoms with Crippen LogP contribution < -0.4 is 14.8 Å². The third-order valence-corrected chi connectivity index (χ3v) is 4.60. The lowest BCUT2D eigenvalue weighted by Gasteiger charge is -2.01. The molecule has 0 spiro atoms. The number of ether oxygens (including phenoxy) is 1. The molecule has 0 aliphatic heterocycles. The Morgan fingerprint density at radius 3 is 2.74 bits per heavy atom. The number of rotatable bonds is 3. The number of hydrogen-bond donors (Lipinski definition) is 0. The van der Waals surface area contributed by atoms with Crippen molar-refractivity contribution in [3.63, 3.8) is 0 Å². The van der Waals surface area contributed by atoms with E-state index in [-0.39, 0.29) is 5.56 Å². The van der Waals surface area contributed by atoms with Crippen LogP contribution in [0, 0.1) is 0 Å². The Hall–Kier alpha value is -2.66. The maximum atomic E-state index is 12.7. The van der Waals surface area contributed by atoms with Gasteiger partial charge in [-0.1, -0.05) is 35.6 Å². The van der Waals surface area contributed by atoms with E-state index in [2.05, 4.69) is 4.98 Å². The van der Waals surface area contributed by atoms with Crippen molar-refractivity contribution in [3.8, 4) is 5.75 Å². The van der Waals surface area contributed by atoms with Crippen LogP contribution in [0.1, 0.15) is 12.5 Å². The highest BCUT2D eigenvalue weighted by atomic mass is 32.1. The molecule has 114 valence electrons. The Labute approximate surface area is 136 Å². The number of imidazole rings is 1. The average molecular weight is 322 g/mol. The Morgan fingerprint density at radius 1 is 1.17 bits per heavy atom. The van der Waals surface area contributed by atoms with Crippen molar-refractivity contribution in [1.82, 2.24) is 9.38 Å². The molecule has 0 saturated carbocycles.